The van der Waals surface area contributed by atoms with Crippen LogP contribution in [0.2, 0.25) is 0 Å². The van der Waals surface area contributed by atoms with Gasteiger partial charge in [-0.05, 0) is 18.1 Å². The van der Waals surface area contributed by atoms with Crippen molar-refractivity contribution in [2.75, 3.05) is 5.32 Å². The van der Waals surface area contributed by atoms with Crippen molar-refractivity contribution in [2.24, 2.45) is 0 Å². The number of benzene rings is 1. The van der Waals surface area contributed by atoms with Gasteiger partial charge in [0.05, 0.1) is 0 Å². The molecule has 0 unspecified atom stereocenters. The molecule has 0 saturated heterocycles. The predicted octanol–water partition coefficient (Wildman–Crippen LogP) is 2.62. The third-order valence-corrected chi connectivity index (χ3v) is 4.52. The summed E-state index contributed by atoms with van der Waals surface area (Å²) < 4.78 is 1.69. The SMILES string of the molecule is O=C(Nc1nnc(CCc2ccccc2)s1)c1cn2cccnc2n1. The van der Waals surface area contributed by atoms with Crippen LogP contribution in [0.5, 0.6) is 0 Å². The van der Waals surface area contributed by atoms with Crippen LogP contribution in [0, 0.1) is 0 Å². The molecule has 4 rings (SSSR count). The first kappa shape index (κ1) is 15.4. The standard InChI is InChI=1S/C17H14N6OS/c24-15(13-11-23-10-4-9-18-16(23)19-13)20-17-22-21-14(25-17)8-7-12-5-2-1-3-6-12/h1-6,9-11H,7-8H2,(H,20,22,24). The zero-order valence-corrected chi connectivity index (χ0v) is 14.0. The summed E-state index contributed by atoms with van der Waals surface area (Å²) in [7, 11) is 0. The van der Waals surface area contributed by atoms with E-state index in [0.29, 0.717) is 16.6 Å². The zero-order valence-electron chi connectivity index (χ0n) is 13.2. The fourth-order valence-electron chi connectivity index (χ4n) is 2.40. The highest BCUT2D eigenvalue weighted by Gasteiger charge is 2.14. The number of hydrogen-bond donors (Lipinski definition) is 1. The van der Waals surface area contributed by atoms with Crippen molar-refractivity contribution in [3.05, 3.63) is 71.3 Å². The smallest absolute Gasteiger partial charge is 0.277 e. The summed E-state index contributed by atoms with van der Waals surface area (Å²) in [5.74, 6) is 0.157. The number of amides is 1. The molecule has 25 heavy (non-hydrogen) atoms. The van der Waals surface area contributed by atoms with Crippen LogP contribution in [0.3, 0.4) is 0 Å². The van der Waals surface area contributed by atoms with Crippen LogP contribution in [-0.2, 0) is 12.8 Å². The summed E-state index contributed by atoms with van der Waals surface area (Å²) in [6, 6.07) is 12.0. The lowest BCUT2D eigenvalue weighted by Crippen LogP contribution is -2.12. The second-order valence-electron chi connectivity index (χ2n) is 5.39. The molecule has 1 aromatic carbocycles. The van der Waals surface area contributed by atoms with Gasteiger partial charge in [-0.1, -0.05) is 41.7 Å². The summed E-state index contributed by atoms with van der Waals surface area (Å²) in [5, 5.41) is 12.3. The molecule has 0 saturated carbocycles. The van der Waals surface area contributed by atoms with Gasteiger partial charge in [-0.15, -0.1) is 10.2 Å². The molecule has 1 amide bonds. The molecule has 124 valence electrons. The van der Waals surface area contributed by atoms with Crippen molar-refractivity contribution < 1.29 is 4.79 Å². The van der Waals surface area contributed by atoms with Gasteiger partial charge in [0.2, 0.25) is 10.9 Å². The Morgan fingerprint density at radius 3 is 2.84 bits per heavy atom. The monoisotopic (exact) mass is 350 g/mol. The van der Waals surface area contributed by atoms with E-state index in [1.54, 1.807) is 29.1 Å². The maximum Gasteiger partial charge on any atom is 0.277 e. The summed E-state index contributed by atoms with van der Waals surface area (Å²) in [4.78, 5) is 20.6. The van der Waals surface area contributed by atoms with E-state index in [2.05, 4.69) is 37.6 Å². The van der Waals surface area contributed by atoms with E-state index in [0.717, 1.165) is 17.8 Å². The summed E-state index contributed by atoms with van der Waals surface area (Å²) in [6.45, 7) is 0. The number of imidazole rings is 1. The molecular weight excluding hydrogens is 336 g/mol. The van der Waals surface area contributed by atoms with Crippen LogP contribution in [0.1, 0.15) is 21.1 Å². The Hall–Kier alpha value is -3.13. The third-order valence-electron chi connectivity index (χ3n) is 3.63. The van der Waals surface area contributed by atoms with Crippen molar-refractivity contribution in [2.45, 2.75) is 12.8 Å². The van der Waals surface area contributed by atoms with E-state index in [-0.39, 0.29) is 5.91 Å². The van der Waals surface area contributed by atoms with Crippen molar-refractivity contribution >= 4 is 28.2 Å². The average Bonchev–Trinajstić information content (AvgIpc) is 3.27. The highest BCUT2D eigenvalue weighted by Crippen LogP contribution is 2.18. The molecule has 0 aliphatic rings. The van der Waals surface area contributed by atoms with E-state index in [1.807, 2.05) is 18.2 Å². The van der Waals surface area contributed by atoms with E-state index < -0.39 is 0 Å². The minimum absolute atomic E-state index is 0.291. The number of aryl methyl sites for hydroxylation is 2. The Kier molecular flexibility index (Phi) is 4.17. The quantitative estimate of drug-likeness (QED) is 0.598. The lowest BCUT2D eigenvalue weighted by atomic mass is 10.1. The van der Waals surface area contributed by atoms with Crippen molar-refractivity contribution in [3.8, 4) is 0 Å². The molecule has 1 N–H and O–H groups in total. The highest BCUT2D eigenvalue weighted by atomic mass is 32.1. The van der Waals surface area contributed by atoms with Gasteiger partial charge in [0, 0.05) is 25.0 Å². The van der Waals surface area contributed by atoms with Crippen molar-refractivity contribution in [1.82, 2.24) is 24.6 Å². The molecule has 4 aromatic rings. The number of carbonyl (C=O) groups excluding carboxylic acids is 1. The summed E-state index contributed by atoms with van der Waals surface area (Å²) >= 11 is 1.38. The van der Waals surface area contributed by atoms with Gasteiger partial charge in [-0.3, -0.25) is 14.5 Å². The van der Waals surface area contributed by atoms with Gasteiger partial charge in [0.15, 0.2) is 0 Å². The molecule has 7 nitrogen and oxygen atoms in total. The van der Waals surface area contributed by atoms with Crippen LogP contribution < -0.4 is 5.32 Å². The van der Waals surface area contributed by atoms with Crippen molar-refractivity contribution in [3.63, 3.8) is 0 Å². The van der Waals surface area contributed by atoms with Gasteiger partial charge < -0.3 is 0 Å². The fourth-order valence-corrected chi connectivity index (χ4v) is 3.14. The van der Waals surface area contributed by atoms with Crippen LogP contribution in [0.25, 0.3) is 5.78 Å². The van der Waals surface area contributed by atoms with E-state index in [1.165, 1.54) is 16.9 Å². The van der Waals surface area contributed by atoms with Gasteiger partial charge >= 0.3 is 0 Å². The molecule has 0 atom stereocenters. The van der Waals surface area contributed by atoms with Gasteiger partial charge in [-0.25, -0.2) is 9.97 Å². The molecule has 0 radical (unpaired) electrons. The molecule has 0 aliphatic carbocycles. The third kappa shape index (κ3) is 3.53. The second-order valence-corrected chi connectivity index (χ2v) is 6.46. The van der Waals surface area contributed by atoms with Crippen LogP contribution in [0.15, 0.2) is 55.0 Å². The molecule has 0 spiro atoms. The minimum atomic E-state index is -0.323. The fraction of sp³-hybridized carbons (Fsp3) is 0.118. The summed E-state index contributed by atoms with van der Waals surface area (Å²) in [6.07, 6.45) is 6.74. The second kappa shape index (κ2) is 6.78. The van der Waals surface area contributed by atoms with Crippen LogP contribution in [0.4, 0.5) is 5.13 Å². The van der Waals surface area contributed by atoms with Gasteiger partial charge in [0.1, 0.15) is 10.7 Å². The first-order valence-electron chi connectivity index (χ1n) is 7.75. The van der Waals surface area contributed by atoms with Gasteiger partial charge in [0.25, 0.3) is 5.91 Å². The van der Waals surface area contributed by atoms with Gasteiger partial charge in [-0.2, -0.15) is 0 Å². The first-order valence-corrected chi connectivity index (χ1v) is 8.57. The molecule has 3 aromatic heterocycles. The number of nitrogens with one attached hydrogen (secondary N) is 1. The maximum absolute atomic E-state index is 12.3. The highest BCUT2D eigenvalue weighted by molar-refractivity contribution is 7.15. The first-order chi connectivity index (χ1) is 12.3. The van der Waals surface area contributed by atoms with E-state index in [9.17, 15) is 4.79 Å². The molecule has 8 heteroatoms. The molecule has 3 heterocycles. The van der Waals surface area contributed by atoms with E-state index >= 15 is 0 Å². The van der Waals surface area contributed by atoms with Crippen LogP contribution >= 0.6 is 11.3 Å². The average molecular weight is 350 g/mol. The normalized spacial score (nSPS) is 10.9. The van der Waals surface area contributed by atoms with Crippen molar-refractivity contribution in [1.29, 1.82) is 0 Å². The number of rotatable bonds is 5. The maximum atomic E-state index is 12.3. The molecule has 0 aliphatic heterocycles. The molecule has 0 bridgehead atoms. The number of aromatic nitrogens is 5. The molecule has 0 fully saturated rings. The predicted molar refractivity (Wildman–Crippen MR) is 94.7 cm³/mol. The Labute approximate surface area is 147 Å². The Morgan fingerprint density at radius 1 is 1.12 bits per heavy atom. The number of nitrogens with zero attached hydrogens (tertiary/aromatic N) is 5. The number of carbonyl (C=O) groups is 1. The number of hydrogen-bond acceptors (Lipinski definition) is 6. The minimum Gasteiger partial charge on any atom is -0.295 e. The van der Waals surface area contributed by atoms with E-state index in [4.69, 9.17) is 0 Å². The Balaban J connectivity index is 1.41. The van der Waals surface area contributed by atoms with Crippen LogP contribution in [-0.4, -0.2) is 30.5 Å². The lowest BCUT2D eigenvalue weighted by Gasteiger charge is -1.97. The lowest BCUT2D eigenvalue weighted by molar-refractivity contribution is 0.102. The number of anilines is 1. The summed E-state index contributed by atoms with van der Waals surface area (Å²) in [5.41, 5.74) is 1.54. The molecular formula is C17H14N6OS. The largest absolute Gasteiger partial charge is 0.295 e. The number of fused-ring (bicyclic) bond motifs is 1. The Bertz CT molecular complexity index is 977. The zero-order chi connectivity index (χ0) is 17.1. The Morgan fingerprint density at radius 2 is 2.00 bits per heavy atom. The topological polar surface area (TPSA) is 85.1 Å².